The molecule has 0 atom stereocenters. The lowest BCUT2D eigenvalue weighted by Crippen LogP contribution is -2.30. The number of nitrogens with two attached hydrogens (primary N) is 1. The Morgan fingerprint density at radius 2 is 2.12 bits per heavy atom. The fourth-order valence-corrected chi connectivity index (χ4v) is 1.73. The number of halogens is 1. The van der Waals surface area contributed by atoms with E-state index in [1.807, 2.05) is 0 Å². The number of carbonyl (C=O) groups is 1. The van der Waals surface area contributed by atoms with Gasteiger partial charge in [0, 0.05) is 13.6 Å². The maximum Gasteiger partial charge on any atom is 0.255 e. The fraction of sp³-hybridized carbons (Fsp3) is 0.417. The molecule has 0 spiro atoms. The quantitative estimate of drug-likeness (QED) is 0.826. The van der Waals surface area contributed by atoms with Crippen molar-refractivity contribution in [2.24, 2.45) is 5.92 Å². The van der Waals surface area contributed by atoms with Crippen LogP contribution >= 0.6 is 11.6 Å². The summed E-state index contributed by atoms with van der Waals surface area (Å²) in [4.78, 5) is 13.7. The van der Waals surface area contributed by atoms with Gasteiger partial charge < -0.3 is 10.6 Å². The summed E-state index contributed by atoms with van der Waals surface area (Å²) < 4.78 is 0. The van der Waals surface area contributed by atoms with Crippen LogP contribution in [0.25, 0.3) is 0 Å². The van der Waals surface area contributed by atoms with E-state index in [1.54, 1.807) is 30.1 Å². The third-order valence-corrected chi connectivity index (χ3v) is 2.60. The van der Waals surface area contributed by atoms with Crippen molar-refractivity contribution in [2.45, 2.75) is 13.8 Å². The van der Waals surface area contributed by atoms with Gasteiger partial charge in [0.1, 0.15) is 0 Å². The van der Waals surface area contributed by atoms with E-state index in [1.165, 1.54) is 0 Å². The number of para-hydroxylation sites is 1. The summed E-state index contributed by atoms with van der Waals surface area (Å²) in [6.45, 7) is 4.82. The molecule has 0 bridgehead atoms. The Hall–Kier alpha value is -1.22. The Morgan fingerprint density at radius 1 is 1.50 bits per heavy atom. The number of nitrogens with zero attached hydrogens (tertiary/aromatic N) is 1. The van der Waals surface area contributed by atoms with Crippen molar-refractivity contribution in [3.8, 4) is 0 Å². The second-order valence-electron chi connectivity index (χ2n) is 4.28. The number of anilines is 1. The van der Waals surface area contributed by atoms with Gasteiger partial charge in [-0.15, -0.1) is 0 Å². The van der Waals surface area contributed by atoms with Gasteiger partial charge in [0.25, 0.3) is 5.91 Å². The van der Waals surface area contributed by atoms with E-state index in [0.717, 1.165) is 0 Å². The van der Waals surface area contributed by atoms with Crippen molar-refractivity contribution in [2.75, 3.05) is 19.3 Å². The zero-order valence-electron chi connectivity index (χ0n) is 9.83. The molecule has 0 heterocycles. The molecule has 3 nitrogen and oxygen atoms in total. The predicted molar refractivity (Wildman–Crippen MR) is 67.7 cm³/mol. The lowest BCUT2D eigenvalue weighted by molar-refractivity contribution is 0.0780. The molecule has 0 aliphatic heterocycles. The molecule has 88 valence electrons. The molecule has 0 saturated carbocycles. The Balaban J connectivity index is 2.92. The monoisotopic (exact) mass is 240 g/mol. The molecular formula is C12H17ClN2O. The number of hydrogen-bond donors (Lipinski definition) is 1. The molecule has 1 rings (SSSR count). The minimum Gasteiger partial charge on any atom is -0.397 e. The minimum absolute atomic E-state index is 0.0892. The van der Waals surface area contributed by atoms with Gasteiger partial charge in [-0.1, -0.05) is 31.5 Å². The average molecular weight is 241 g/mol. The highest BCUT2D eigenvalue weighted by Gasteiger charge is 2.16. The van der Waals surface area contributed by atoms with Crippen LogP contribution in [0, 0.1) is 5.92 Å². The van der Waals surface area contributed by atoms with Crippen molar-refractivity contribution in [1.29, 1.82) is 0 Å². The van der Waals surface area contributed by atoms with Crippen LogP contribution in [0.3, 0.4) is 0 Å². The first-order valence-corrected chi connectivity index (χ1v) is 5.60. The number of nitrogen functional groups attached to an aromatic ring is 1. The van der Waals surface area contributed by atoms with E-state index < -0.39 is 0 Å². The summed E-state index contributed by atoms with van der Waals surface area (Å²) in [6, 6.07) is 5.10. The Bertz CT molecular complexity index is 391. The van der Waals surface area contributed by atoms with Crippen LogP contribution in [0.2, 0.25) is 5.02 Å². The van der Waals surface area contributed by atoms with Gasteiger partial charge in [-0.25, -0.2) is 0 Å². The summed E-state index contributed by atoms with van der Waals surface area (Å²) in [6.07, 6.45) is 0. The van der Waals surface area contributed by atoms with Crippen LogP contribution in [0.1, 0.15) is 24.2 Å². The number of carbonyl (C=O) groups excluding carboxylic acids is 1. The Labute approximate surface area is 101 Å². The highest BCUT2D eigenvalue weighted by atomic mass is 35.5. The van der Waals surface area contributed by atoms with Crippen LogP contribution in [-0.4, -0.2) is 24.4 Å². The third-order valence-electron chi connectivity index (χ3n) is 2.27. The second kappa shape index (κ2) is 5.21. The van der Waals surface area contributed by atoms with Crippen molar-refractivity contribution in [1.82, 2.24) is 4.90 Å². The maximum absolute atomic E-state index is 12.0. The Kier molecular flexibility index (Phi) is 4.19. The van der Waals surface area contributed by atoms with Gasteiger partial charge in [-0.2, -0.15) is 0 Å². The topological polar surface area (TPSA) is 46.3 Å². The van der Waals surface area contributed by atoms with Gasteiger partial charge in [-0.05, 0) is 18.1 Å². The molecule has 0 fully saturated rings. The van der Waals surface area contributed by atoms with Crippen LogP contribution in [0.15, 0.2) is 18.2 Å². The molecule has 0 radical (unpaired) electrons. The molecule has 2 N–H and O–H groups in total. The van der Waals surface area contributed by atoms with Gasteiger partial charge in [0.05, 0.1) is 16.3 Å². The van der Waals surface area contributed by atoms with Crippen LogP contribution in [-0.2, 0) is 0 Å². The molecule has 1 amide bonds. The first kappa shape index (κ1) is 12.8. The molecule has 1 aromatic rings. The highest BCUT2D eigenvalue weighted by Crippen LogP contribution is 2.23. The van der Waals surface area contributed by atoms with Crippen molar-refractivity contribution in [3.05, 3.63) is 28.8 Å². The molecule has 0 aromatic heterocycles. The van der Waals surface area contributed by atoms with E-state index in [-0.39, 0.29) is 5.91 Å². The number of benzene rings is 1. The molecule has 0 aliphatic rings. The zero-order chi connectivity index (χ0) is 12.3. The number of rotatable bonds is 3. The zero-order valence-corrected chi connectivity index (χ0v) is 10.6. The van der Waals surface area contributed by atoms with Crippen molar-refractivity contribution < 1.29 is 4.79 Å². The second-order valence-corrected chi connectivity index (χ2v) is 4.69. The van der Waals surface area contributed by atoms with Crippen LogP contribution < -0.4 is 5.73 Å². The summed E-state index contributed by atoms with van der Waals surface area (Å²) >= 11 is 5.87. The van der Waals surface area contributed by atoms with E-state index in [4.69, 9.17) is 17.3 Å². The molecule has 0 aliphatic carbocycles. The highest BCUT2D eigenvalue weighted by molar-refractivity contribution is 6.33. The number of amides is 1. The van der Waals surface area contributed by atoms with Gasteiger partial charge >= 0.3 is 0 Å². The summed E-state index contributed by atoms with van der Waals surface area (Å²) in [5, 5.41) is 0.420. The average Bonchev–Trinajstić information content (AvgIpc) is 2.20. The largest absolute Gasteiger partial charge is 0.397 e. The van der Waals surface area contributed by atoms with Crippen LogP contribution in [0.5, 0.6) is 0 Å². The summed E-state index contributed by atoms with van der Waals surface area (Å²) in [5.41, 5.74) is 6.59. The predicted octanol–water partition coefficient (Wildman–Crippen LogP) is 2.65. The van der Waals surface area contributed by atoms with Gasteiger partial charge in [0.2, 0.25) is 0 Å². The maximum atomic E-state index is 12.0. The van der Waals surface area contributed by atoms with E-state index >= 15 is 0 Å². The fourth-order valence-electron chi connectivity index (χ4n) is 1.56. The number of hydrogen-bond acceptors (Lipinski definition) is 2. The molecule has 16 heavy (non-hydrogen) atoms. The molecule has 0 unspecified atom stereocenters. The lowest BCUT2D eigenvalue weighted by Gasteiger charge is -2.20. The smallest absolute Gasteiger partial charge is 0.255 e. The summed E-state index contributed by atoms with van der Waals surface area (Å²) in [5.74, 6) is 0.336. The van der Waals surface area contributed by atoms with Crippen LogP contribution in [0.4, 0.5) is 5.69 Å². The lowest BCUT2D eigenvalue weighted by atomic mass is 10.1. The van der Waals surface area contributed by atoms with Gasteiger partial charge in [-0.3, -0.25) is 4.79 Å². The summed E-state index contributed by atoms with van der Waals surface area (Å²) in [7, 11) is 1.77. The normalized spacial score (nSPS) is 10.6. The van der Waals surface area contributed by atoms with Crippen molar-refractivity contribution in [3.63, 3.8) is 0 Å². The van der Waals surface area contributed by atoms with Crippen molar-refractivity contribution >= 4 is 23.2 Å². The standard InChI is InChI=1S/C12H17ClN2O/c1-8(2)7-15(3)12(16)9-5-4-6-10(13)11(9)14/h4-6,8H,7,14H2,1-3H3. The SMILES string of the molecule is CC(C)CN(C)C(=O)c1cccc(Cl)c1N. The third kappa shape index (κ3) is 2.89. The molecule has 1 aromatic carbocycles. The first-order chi connectivity index (χ1) is 7.43. The first-order valence-electron chi connectivity index (χ1n) is 5.23. The van der Waals surface area contributed by atoms with E-state index in [9.17, 15) is 4.79 Å². The molecular weight excluding hydrogens is 224 g/mol. The molecule has 0 saturated heterocycles. The van der Waals surface area contributed by atoms with E-state index in [2.05, 4.69) is 13.8 Å². The molecule has 4 heteroatoms. The minimum atomic E-state index is -0.0892. The van der Waals surface area contributed by atoms with E-state index in [0.29, 0.717) is 28.7 Å². The van der Waals surface area contributed by atoms with Gasteiger partial charge in [0.15, 0.2) is 0 Å². The Morgan fingerprint density at radius 3 is 2.69 bits per heavy atom.